The van der Waals surface area contributed by atoms with Crippen LogP contribution in [-0.4, -0.2) is 25.2 Å². The van der Waals surface area contributed by atoms with Crippen LogP contribution in [-0.2, 0) is 9.53 Å². The van der Waals surface area contributed by atoms with Gasteiger partial charge >= 0.3 is 0 Å². The maximum Gasteiger partial charge on any atom is 0.223 e. The Morgan fingerprint density at radius 3 is 3.17 bits per heavy atom. The highest BCUT2D eigenvalue weighted by Crippen LogP contribution is 2.14. The van der Waals surface area contributed by atoms with Crippen LogP contribution >= 0.6 is 0 Å². The number of nitrogens with one attached hydrogen (secondary N) is 1. The second kappa shape index (κ2) is 4.78. The lowest BCUT2D eigenvalue weighted by Gasteiger charge is -2.07. The van der Waals surface area contributed by atoms with Gasteiger partial charge in [0.15, 0.2) is 0 Å². The van der Waals surface area contributed by atoms with Crippen molar-refractivity contribution in [1.29, 1.82) is 0 Å². The summed E-state index contributed by atoms with van der Waals surface area (Å²) < 4.78 is 5.29. The van der Waals surface area contributed by atoms with Gasteiger partial charge < -0.3 is 10.1 Å². The Labute approximate surface area is 72.5 Å². The normalized spacial score (nSPS) is 21.8. The van der Waals surface area contributed by atoms with E-state index in [1.54, 1.807) is 0 Å². The summed E-state index contributed by atoms with van der Waals surface area (Å²) in [5.74, 6) is 2.34. The third-order valence-corrected chi connectivity index (χ3v) is 1.82. The minimum absolute atomic E-state index is 0.0140. The number of hydrogen-bond donors (Lipinski definition) is 1. The number of carbonyl (C=O) groups is 1. The number of hydrogen-bond acceptors (Lipinski definition) is 2. The summed E-state index contributed by atoms with van der Waals surface area (Å²) in [7, 11) is 0. The molecule has 1 aliphatic heterocycles. The molecule has 1 rings (SSSR count). The van der Waals surface area contributed by atoms with Crippen LogP contribution in [0.3, 0.4) is 0 Å². The zero-order valence-electron chi connectivity index (χ0n) is 7.01. The molecule has 0 aromatic heterocycles. The van der Waals surface area contributed by atoms with Gasteiger partial charge in [0.2, 0.25) is 5.91 Å². The van der Waals surface area contributed by atoms with Crippen molar-refractivity contribution in [3.63, 3.8) is 0 Å². The van der Waals surface area contributed by atoms with Gasteiger partial charge in [0.1, 0.15) is 0 Å². The van der Waals surface area contributed by atoms with Gasteiger partial charge in [-0.3, -0.25) is 4.79 Å². The van der Waals surface area contributed by atoms with Gasteiger partial charge in [0, 0.05) is 6.61 Å². The summed E-state index contributed by atoms with van der Waals surface area (Å²) in [5, 5.41) is 2.60. The predicted molar refractivity (Wildman–Crippen MR) is 45.4 cm³/mol. The molecular weight excluding hydrogens is 154 g/mol. The fraction of sp³-hybridized carbons (Fsp3) is 0.667. The minimum atomic E-state index is -0.0140. The summed E-state index contributed by atoms with van der Waals surface area (Å²) in [4.78, 5) is 11.1. The third kappa shape index (κ3) is 2.93. The molecule has 1 atom stereocenters. The van der Waals surface area contributed by atoms with Gasteiger partial charge in [-0.05, 0) is 12.8 Å². The van der Waals surface area contributed by atoms with Crippen LogP contribution < -0.4 is 5.32 Å². The van der Waals surface area contributed by atoms with Gasteiger partial charge in [0.05, 0.1) is 19.1 Å². The lowest BCUT2D eigenvalue weighted by molar-refractivity contribution is -0.122. The lowest BCUT2D eigenvalue weighted by atomic mass is 10.2. The molecule has 66 valence electrons. The highest BCUT2D eigenvalue weighted by molar-refractivity contribution is 5.76. The molecular formula is C9H13NO2. The maximum absolute atomic E-state index is 11.1. The molecule has 0 saturated carbocycles. The number of rotatable bonds is 3. The second-order valence-corrected chi connectivity index (χ2v) is 2.82. The van der Waals surface area contributed by atoms with Gasteiger partial charge in [-0.1, -0.05) is 5.92 Å². The first-order valence-corrected chi connectivity index (χ1v) is 4.14. The molecule has 1 saturated heterocycles. The van der Waals surface area contributed by atoms with E-state index in [0.717, 1.165) is 19.4 Å². The molecule has 1 fully saturated rings. The number of ether oxygens (including phenoxy) is 1. The Kier molecular flexibility index (Phi) is 3.62. The van der Waals surface area contributed by atoms with Crippen molar-refractivity contribution in [2.45, 2.75) is 25.4 Å². The predicted octanol–water partition coefficient (Wildman–Crippen LogP) is 0.305. The van der Waals surface area contributed by atoms with E-state index in [1.165, 1.54) is 0 Å². The molecule has 0 radical (unpaired) electrons. The minimum Gasteiger partial charge on any atom is -0.378 e. The molecule has 0 spiro atoms. The highest BCUT2D eigenvalue weighted by Gasteiger charge is 2.18. The fourth-order valence-corrected chi connectivity index (χ4v) is 1.23. The Bertz CT molecular complexity index is 189. The van der Waals surface area contributed by atoms with Gasteiger partial charge in [-0.15, -0.1) is 6.42 Å². The molecule has 0 bridgehead atoms. The molecule has 1 amide bonds. The Morgan fingerprint density at radius 1 is 1.75 bits per heavy atom. The van der Waals surface area contributed by atoms with E-state index < -0.39 is 0 Å². The average Bonchev–Trinajstić information content (AvgIpc) is 2.53. The molecule has 12 heavy (non-hydrogen) atoms. The van der Waals surface area contributed by atoms with E-state index in [2.05, 4.69) is 11.2 Å². The summed E-state index contributed by atoms with van der Waals surface area (Å²) in [6.45, 7) is 1.10. The quantitative estimate of drug-likeness (QED) is 0.614. The van der Waals surface area contributed by atoms with Gasteiger partial charge in [-0.25, -0.2) is 0 Å². The molecule has 1 heterocycles. The van der Waals surface area contributed by atoms with Crippen LogP contribution in [0.4, 0.5) is 0 Å². The zero-order valence-corrected chi connectivity index (χ0v) is 7.01. The fourth-order valence-electron chi connectivity index (χ4n) is 1.23. The molecule has 3 heteroatoms. The monoisotopic (exact) mass is 167 g/mol. The van der Waals surface area contributed by atoms with E-state index in [9.17, 15) is 4.79 Å². The van der Waals surface area contributed by atoms with Crippen LogP contribution in [0.1, 0.15) is 19.3 Å². The second-order valence-electron chi connectivity index (χ2n) is 2.82. The largest absolute Gasteiger partial charge is 0.378 e. The van der Waals surface area contributed by atoms with Crippen molar-refractivity contribution < 1.29 is 9.53 Å². The van der Waals surface area contributed by atoms with Crippen LogP contribution in [0.15, 0.2) is 0 Å². The molecule has 3 nitrogen and oxygen atoms in total. The number of amides is 1. The first kappa shape index (κ1) is 9.08. The molecule has 1 aliphatic rings. The molecule has 1 unspecified atom stereocenters. The molecule has 0 aromatic rings. The number of terminal acetylenes is 1. The summed E-state index contributed by atoms with van der Waals surface area (Å²) in [6, 6.07) is 0. The average molecular weight is 167 g/mol. The van der Waals surface area contributed by atoms with Crippen molar-refractivity contribution in [2.24, 2.45) is 0 Å². The number of carbonyl (C=O) groups excluding carboxylic acids is 1. The van der Waals surface area contributed by atoms with Crippen LogP contribution in [0, 0.1) is 12.3 Å². The highest BCUT2D eigenvalue weighted by atomic mass is 16.5. The summed E-state index contributed by atoms with van der Waals surface area (Å²) >= 11 is 0. The first-order valence-electron chi connectivity index (χ1n) is 4.14. The smallest absolute Gasteiger partial charge is 0.223 e. The van der Waals surface area contributed by atoms with Crippen molar-refractivity contribution in [2.75, 3.05) is 13.2 Å². The first-order chi connectivity index (χ1) is 5.83. The van der Waals surface area contributed by atoms with Crippen molar-refractivity contribution in [1.82, 2.24) is 5.32 Å². The van der Waals surface area contributed by atoms with E-state index in [1.807, 2.05) is 0 Å². The van der Waals surface area contributed by atoms with E-state index >= 15 is 0 Å². The van der Waals surface area contributed by atoms with Crippen LogP contribution in [0.25, 0.3) is 0 Å². The van der Waals surface area contributed by atoms with Crippen molar-refractivity contribution in [3.8, 4) is 12.3 Å². The van der Waals surface area contributed by atoms with E-state index in [-0.39, 0.29) is 12.0 Å². The van der Waals surface area contributed by atoms with E-state index in [4.69, 9.17) is 11.2 Å². The lowest BCUT2D eigenvalue weighted by Crippen LogP contribution is -2.27. The zero-order chi connectivity index (χ0) is 8.81. The van der Waals surface area contributed by atoms with Gasteiger partial charge in [-0.2, -0.15) is 0 Å². The van der Waals surface area contributed by atoms with Gasteiger partial charge in [0.25, 0.3) is 0 Å². The molecule has 0 aromatic carbocycles. The molecule has 1 N–H and O–H groups in total. The topological polar surface area (TPSA) is 38.3 Å². The molecule has 0 aliphatic carbocycles. The Hall–Kier alpha value is -1.01. The Morgan fingerprint density at radius 2 is 2.58 bits per heavy atom. The van der Waals surface area contributed by atoms with E-state index in [0.29, 0.717) is 13.0 Å². The SMILES string of the molecule is C#CCNC(=O)CC1CCCO1. The Balaban J connectivity index is 2.13. The van der Waals surface area contributed by atoms with Crippen molar-refractivity contribution in [3.05, 3.63) is 0 Å². The third-order valence-electron chi connectivity index (χ3n) is 1.82. The maximum atomic E-state index is 11.1. The van der Waals surface area contributed by atoms with Crippen LogP contribution in [0.5, 0.6) is 0 Å². The summed E-state index contributed by atoms with van der Waals surface area (Å²) in [6.07, 6.45) is 7.60. The standard InChI is InChI=1S/C9H13NO2/c1-2-5-10-9(11)7-8-4-3-6-12-8/h1,8H,3-7H2,(H,10,11). The van der Waals surface area contributed by atoms with Crippen LogP contribution in [0.2, 0.25) is 0 Å². The summed E-state index contributed by atoms with van der Waals surface area (Å²) in [5.41, 5.74) is 0. The van der Waals surface area contributed by atoms with Crippen molar-refractivity contribution >= 4 is 5.91 Å².